The number of hydrogen-bond acceptors (Lipinski definition) is 2. The van der Waals surface area contributed by atoms with E-state index in [1.807, 2.05) is 13.1 Å². The fourth-order valence-corrected chi connectivity index (χ4v) is 2.99. The summed E-state index contributed by atoms with van der Waals surface area (Å²) >= 11 is 0. The number of nitrogens with one attached hydrogen (secondary N) is 2. The summed E-state index contributed by atoms with van der Waals surface area (Å²) in [7, 11) is 0. The van der Waals surface area contributed by atoms with Gasteiger partial charge in [-0.2, -0.15) is 0 Å². The molecular formula is C15H18N2O2. The normalized spacial score (nSPS) is 15.6. The van der Waals surface area contributed by atoms with Gasteiger partial charge in [0, 0.05) is 22.7 Å². The van der Waals surface area contributed by atoms with Crippen LogP contribution in [0, 0.1) is 0 Å². The highest BCUT2D eigenvalue weighted by Crippen LogP contribution is 2.31. The van der Waals surface area contributed by atoms with Gasteiger partial charge in [0.25, 0.3) is 0 Å². The van der Waals surface area contributed by atoms with E-state index >= 15 is 0 Å². The Morgan fingerprint density at radius 1 is 1.42 bits per heavy atom. The van der Waals surface area contributed by atoms with Gasteiger partial charge < -0.3 is 15.4 Å². The minimum atomic E-state index is -0.830. The molecule has 0 bridgehead atoms. The average Bonchev–Trinajstić information content (AvgIpc) is 2.98. The standard InChI is InChI=1S/C15H18N2O2/c1-2-16-14(15(18)19)12-8-17-13-7-10-5-3-4-9(10)6-11(12)13/h6-8,14,16-17H,2-5H2,1H3,(H,18,19). The Labute approximate surface area is 111 Å². The molecule has 1 aliphatic rings. The molecule has 0 spiro atoms. The summed E-state index contributed by atoms with van der Waals surface area (Å²) in [5.41, 5.74) is 4.64. The number of aryl methyl sites for hydroxylation is 2. The quantitative estimate of drug-likeness (QED) is 0.789. The average molecular weight is 258 g/mol. The highest BCUT2D eigenvalue weighted by molar-refractivity contribution is 5.90. The van der Waals surface area contributed by atoms with E-state index in [-0.39, 0.29) is 0 Å². The van der Waals surface area contributed by atoms with E-state index in [1.165, 1.54) is 17.5 Å². The second-order valence-electron chi connectivity index (χ2n) is 5.09. The third kappa shape index (κ3) is 2.02. The Morgan fingerprint density at radius 2 is 2.16 bits per heavy atom. The molecule has 1 aromatic carbocycles. The maximum atomic E-state index is 11.4. The van der Waals surface area contributed by atoms with Gasteiger partial charge in [0.05, 0.1) is 0 Å². The van der Waals surface area contributed by atoms with Crippen molar-refractivity contribution in [3.8, 4) is 0 Å². The van der Waals surface area contributed by atoms with Crippen molar-refractivity contribution in [1.29, 1.82) is 0 Å². The fraction of sp³-hybridized carbons (Fsp3) is 0.400. The predicted octanol–water partition coefficient (Wildman–Crippen LogP) is 2.39. The van der Waals surface area contributed by atoms with E-state index in [1.54, 1.807) is 0 Å². The Balaban J connectivity index is 2.11. The predicted molar refractivity (Wildman–Crippen MR) is 74.4 cm³/mol. The van der Waals surface area contributed by atoms with Crippen LogP contribution in [0.25, 0.3) is 10.9 Å². The number of aromatic nitrogens is 1. The van der Waals surface area contributed by atoms with Gasteiger partial charge in [-0.1, -0.05) is 6.92 Å². The largest absolute Gasteiger partial charge is 0.480 e. The first-order valence-electron chi connectivity index (χ1n) is 6.79. The van der Waals surface area contributed by atoms with Crippen molar-refractivity contribution in [1.82, 2.24) is 10.3 Å². The monoisotopic (exact) mass is 258 g/mol. The highest BCUT2D eigenvalue weighted by atomic mass is 16.4. The SMILES string of the molecule is CCNC(C(=O)O)c1c[nH]c2cc3c(cc12)CCC3. The molecule has 1 aliphatic carbocycles. The lowest BCUT2D eigenvalue weighted by Crippen LogP contribution is -2.27. The van der Waals surface area contributed by atoms with E-state index in [2.05, 4.69) is 22.4 Å². The first-order valence-corrected chi connectivity index (χ1v) is 6.79. The third-order valence-electron chi connectivity index (χ3n) is 3.89. The summed E-state index contributed by atoms with van der Waals surface area (Å²) < 4.78 is 0. The topological polar surface area (TPSA) is 65.1 Å². The van der Waals surface area contributed by atoms with Crippen molar-refractivity contribution in [2.45, 2.75) is 32.2 Å². The summed E-state index contributed by atoms with van der Waals surface area (Å²) in [6.45, 7) is 2.55. The lowest BCUT2D eigenvalue weighted by Gasteiger charge is -2.12. The Hall–Kier alpha value is -1.81. The first kappa shape index (κ1) is 12.2. The van der Waals surface area contributed by atoms with E-state index in [9.17, 15) is 9.90 Å². The summed E-state index contributed by atoms with van der Waals surface area (Å²) in [5.74, 6) is -0.830. The number of H-pyrrole nitrogens is 1. The molecule has 0 saturated heterocycles. The van der Waals surface area contributed by atoms with Gasteiger partial charge in [-0.15, -0.1) is 0 Å². The number of carboxylic acids is 1. The molecule has 1 heterocycles. The van der Waals surface area contributed by atoms with Gasteiger partial charge in [-0.3, -0.25) is 4.79 Å². The molecule has 1 aromatic heterocycles. The maximum Gasteiger partial charge on any atom is 0.325 e. The zero-order chi connectivity index (χ0) is 13.4. The number of aromatic amines is 1. The van der Waals surface area contributed by atoms with Gasteiger partial charge in [0.1, 0.15) is 6.04 Å². The lowest BCUT2D eigenvalue weighted by molar-refractivity contribution is -0.139. The molecule has 4 nitrogen and oxygen atoms in total. The number of carbonyl (C=O) groups is 1. The molecule has 3 rings (SSSR count). The number of benzene rings is 1. The molecule has 0 aliphatic heterocycles. The number of likely N-dealkylation sites (N-methyl/N-ethyl adjacent to an activating group) is 1. The summed E-state index contributed by atoms with van der Waals surface area (Å²) in [5, 5.41) is 13.4. The molecule has 2 aromatic rings. The molecule has 0 saturated carbocycles. The van der Waals surface area contributed by atoms with E-state index in [0.717, 1.165) is 29.3 Å². The Morgan fingerprint density at radius 3 is 2.84 bits per heavy atom. The van der Waals surface area contributed by atoms with Crippen LogP contribution in [0.1, 0.15) is 36.1 Å². The minimum Gasteiger partial charge on any atom is -0.480 e. The van der Waals surface area contributed by atoms with Gasteiger partial charge in [0.15, 0.2) is 0 Å². The minimum absolute atomic E-state index is 0.634. The summed E-state index contributed by atoms with van der Waals surface area (Å²) in [4.78, 5) is 14.6. The van der Waals surface area contributed by atoms with E-state index in [4.69, 9.17) is 0 Å². The molecule has 3 N–H and O–H groups in total. The van der Waals surface area contributed by atoms with Crippen molar-refractivity contribution in [2.75, 3.05) is 6.54 Å². The van der Waals surface area contributed by atoms with Crippen molar-refractivity contribution < 1.29 is 9.90 Å². The number of aliphatic carboxylic acids is 1. The van der Waals surface area contributed by atoms with Gasteiger partial charge >= 0.3 is 5.97 Å². The van der Waals surface area contributed by atoms with Crippen molar-refractivity contribution in [3.05, 3.63) is 35.0 Å². The molecule has 1 atom stereocenters. The fourth-order valence-electron chi connectivity index (χ4n) is 2.99. The summed E-state index contributed by atoms with van der Waals surface area (Å²) in [6.07, 6.45) is 5.26. The number of carboxylic acid groups (broad SMARTS) is 1. The third-order valence-corrected chi connectivity index (χ3v) is 3.89. The van der Waals surface area contributed by atoms with Crippen LogP contribution in [0.15, 0.2) is 18.3 Å². The van der Waals surface area contributed by atoms with Crippen LogP contribution in [-0.4, -0.2) is 22.6 Å². The second-order valence-corrected chi connectivity index (χ2v) is 5.09. The van der Waals surface area contributed by atoms with Gasteiger partial charge in [-0.25, -0.2) is 0 Å². The maximum absolute atomic E-state index is 11.4. The second kappa shape index (κ2) is 4.70. The number of fused-ring (bicyclic) bond motifs is 2. The molecule has 0 radical (unpaired) electrons. The number of hydrogen-bond donors (Lipinski definition) is 3. The first-order chi connectivity index (χ1) is 9.20. The van der Waals surface area contributed by atoms with E-state index in [0.29, 0.717) is 6.54 Å². The molecule has 0 amide bonds. The zero-order valence-electron chi connectivity index (χ0n) is 11.0. The number of rotatable bonds is 4. The molecule has 19 heavy (non-hydrogen) atoms. The van der Waals surface area contributed by atoms with Crippen LogP contribution in [0.5, 0.6) is 0 Å². The van der Waals surface area contributed by atoms with Crippen molar-refractivity contribution in [3.63, 3.8) is 0 Å². The van der Waals surface area contributed by atoms with Crippen LogP contribution in [0.4, 0.5) is 0 Å². The Kier molecular flexibility index (Phi) is 3.03. The molecular weight excluding hydrogens is 240 g/mol. The van der Waals surface area contributed by atoms with E-state index < -0.39 is 12.0 Å². The van der Waals surface area contributed by atoms with Crippen LogP contribution in [-0.2, 0) is 17.6 Å². The molecule has 0 fully saturated rings. The zero-order valence-corrected chi connectivity index (χ0v) is 11.0. The van der Waals surface area contributed by atoms with Gasteiger partial charge in [0.2, 0.25) is 0 Å². The lowest BCUT2D eigenvalue weighted by atomic mass is 10.0. The summed E-state index contributed by atoms with van der Waals surface area (Å²) in [6, 6.07) is 3.70. The van der Waals surface area contributed by atoms with Crippen LogP contribution in [0.2, 0.25) is 0 Å². The highest BCUT2D eigenvalue weighted by Gasteiger charge is 2.23. The smallest absolute Gasteiger partial charge is 0.325 e. The Bertz CT molecular complexity index is 630. The van der Waals surface area contributed by atoms with Gasteiger partial charge in [-0.05, 0) is 49.1 Å². The molecule has 4 heteroatoms. The van der Waals surface area contributed by atoms with Crippen LogP contribution < -0.4 is 5.32 Å². The van der Waals surface area contributed by atoms with Crippen molar-refractivity contribution >= 4 is 16.9 Å². The van der Waals surface area contributed by atoms with Crippen LogP contribution in [0.3, 0.4) is 0 Å². The molecule has 1 unspecified atom stereocenters. The molecule has 100 valence electrons. The van der Waals surface area contributed by atoms with Crippen molar-refractivity contribution in [2.24, 2.45) is 0 Å². The van der Waals surface area contributed by atoms with Crippen LogP contribution >= 0.6 is 0 Å².